The molecule has 1 saturated heterocycles. The number of aliphatic hydroxyl groups is 1. The van der Waals surface area contributed by atoms with Crippen LogP contribution in [0.1, 0.15) is 18.4 Å². The fourth-order valence-electron chi connectivity index (χ4n) is 3.22. The minimum absolute atomic E-state index is 0.379. The summed E-state index contributed by atoms with van der Waals surface area (Å²) >= 11 is 0. The molecule has 1 fully saturated rings. The molecule has 2 N–H and O–H groups in total. The van der Waals surface area contributed by atoms with Gasteiger partial charge in [0.2, 0.25) is 0 Å². The van der Waals surface area contributed by atoms with Crippen LogP contribution in [0.25, 0.3) is 10.9 Å². The number of aliphatic hydroxyl groups excluding tert-OH is 1. The van der Waals surface area contributed by atoms with Gasteiger partial charge in [-0.25, -0.2) is 0 Å². The first-order chi connectivity index (χ1) is 10.4. The first kappa shape index (κ1) is 15.4. The SMILES string of the molecule is OC(C1CCN(Cc2cccc3[nH]ccc23)CC1)C(F)(F)F. The maximum Gasteiger partial charge on any atom is 0.414 e. The van der Waals surface area contributed by atoms with Crippen molar-refractivity contribution in [3.8, 4) is 0 Å². The highest BCUT2D eigenvalue weighted by molar-refractivity contribution is 5.82. The fourth-order valence-corrected chi connectivity index (χ4v) is 3.22. The van der Waals surface area contributed by atoms with Gasteiger partial charge in [0.05, 0.1) is 0 Å². The minimum atomic E-state index is -4.51. The van der Waals surface area contributed by atoms with Crippen LogP contribution in [0.5, 0.6) is 0 Å². The normalized spacial score (nSPS) is 19.6. The molecule has 3 rings (SSSR count). The number of piperidine rings is 1. The van der Waals surface area contributed by atoms with Gasteiger partial charge in [-0.15, -0.1) is 0 Å². The molecule has 2 aromatic rings. The minimum Gasteiger partial charge on any atom is -0.383 e. The molecule has 1 unspecified atom stereocenters. The van der Waals surface area contributed by atoms with Crippen molar-refractivity contribution in [3.05, 3.63) is 36.0 Å². The molecule has 1 aliphatic heterocycles. The van der Waals surface area contributed by atoms with Gasteiger partial charge in [0, 0.05) is 23.6 Å². The third kappa shape index (κ3) is 3.13. The Balaban J connectivity index is 1.62. The number of hydrogen-bond acceptors (Lipinski definition) is 2. The largest absolute Gasteiger partial charge is 0.414 e. The third-order valence-corrected chi connectivity index (χ3v) is 4.49. The molecule has 6 heteroatoms. The van der Waals surface area contributed by atoms with Gasteiger partial charge in [-0.05, 0) is 49.5 Å². The Morgan fingerprint density at radius 1 is 1.23 bits per heavy atom. The first-order valence-electron chi connectivity index (χ1n) is 7.47. The second-order valence-electron chi connectivity index (χ2n) is 5.96. The number of alkyl halides is 3. The van der Waals surface area contributed by atoms with Crippen LogP contribution in [0.2, 0.25) is 0 Å². The van der Waals surface area contributed by atoms with Crippen LogP contribution in [0.15, 0.2) is 30.5 Å². The lowest BCUT2D eigenvalue weighted by Crippen LogP contribution is -2.43. The van der Waals surface area contributed by atoms with Crippen molar-refractivity contribution in [3.63, 3.8) is 0 Å². The van der Waals surface area contributed by atoms with Crippen LogP contribution in [-0.2, 0) is 6.54 Å². The second-order valence-corrected chi connectivity index (χ2v) is 5.96. The molecule has 22 heavy (non-hydrogen) atoms. The summed E-state index contributed by atoms with van der Waals surface area (Å²) in [6, 6.07) is 8.05. The van der Waals surface area contributed by atoms with E-state index < -0.39 is 18.2 Å². The average molecular weight is 312 g/mol. The summed E-state index contributed by atoms with van der Waals surface area (Å²) in [6.45, 7) is 1.89. The number of rotatable bonds is 3. The predicted molar refractivity (Wildman–Crippen MR) is 78.4 cm³/mol. The zero-order valence-electron chi connectivity index (χ0n) is 12.1. The molecule has 1 aromatic heterocycles. The topological polar surface area (TPSA) is 39.3 Å². The van der Waals surface area contributed by atoms with E-state index in [4.69, 9.17) is 0 Å². The van der Waals surface area contributed by atoms with Gasteiger partial charge in [-0.1, -0.05) is 12.1 Å². The predicted octanol–water partition coefficient (Wildman–Crippen LogP) is 3.30. The summed E-state index contributed by atoms with van der Waals surface area (Å²) < 4.78 is 37.6. The first-order valence-corrected chi connectivity index (χ1v) is 7.47. The van der Waals surface area contributed by atoms with Crippen LogP contribution in [-0.4, -0.2) is 40.4 Å². The zero-order chi connectivity index (χ0) is 15.7. The van der Waals surface area contributed by atoms with Crippen molar-refractivity contribution < 1.29 is 18.3 Å². The standard InChI is InChI=1S/C16H19F3N2O/c17-16(18,19)15(22)11-5-8-21(9-6-11)10-12-2-1-3-14-13(12)4-7-20-14/h1-4,7,11,15,20,22H,5-6,8-10H2. The summed E-state index contributed by atoms with van der Waals surface area (Å²) in [7, 11) is 0. The van der Waals surface area contributed by atoms with Crippen molar-refractivity contribution in [1.82, 2.24) is 9.88 Å². The van der Waals surface area contributed by atoms with Crippen LogP contribution in [0.3, 0.4) is 0 Å². The van der Waals surface area contributed by atoms with E-state index in [1.54, 1.807) is 0 Å². The quantitative estimate of drug-likeness (QED) is 0.913. The van der Waals surface area contributed by atoms with Gasteiger partial charge in [0.1, 0.15) is 0 Å². The smallest absolute Gasteiger partial charge is 0.383 e. The van der Waals surface area contributed by atoms with Gasteiger partial charge in [0.25, 0.3) is 0 Å². The van der Waals surface area contributed by atoms with Gasteiger partial charge < -0.3 is 10.1 Å². The maximum atomic E-state index is 12.5. The number of likely N-dealkylation sites (tertiary alicyclic amines) is 1. The highest BCUT2D eigenvalue weighted by Crippen LogP contribution is 2.32. The summed E-state index contributed by atoms with van der Waals surface area (Å²) in [4.78, 5) is 5.31. The Hall–Kier alpha value is -1.53. The van der Waals surface area contributed by atoms with Crippen molar-refractivity contribution in [2.75, 3.05) is 13.1 Å². The lowest BCUT2D eigenvalue weighted by atomic mass is 9.90. The van der Waals surface area contributed by atoms with Gasteiger partial charge in [-0.2, -0.15) is 13.2 Å². The number of benzene rings is 1. The van der Waals surface area contributed by atoms with E-state index >= 15 is 0 Å². The maximum absolute atomic E-state index is 12.5. The van der Waals surface area contributed by atoms with E-state index in [1.165, 1.54) is 5.56 Å². The highest BCUT2D eigenvalue weighted by Gasteiger charge is 2.44. The number of hydrogen-bond donors (Lipinski definition) is 2. The number of nitrogens with one attached hydrogen (secondary N) is 1. The molecule has 0 aliphatic carbocycles. The molecule has 3 nitrogen and oxygen atoms in total. The van der Waals surface area contributed by atoms with Crippen molar-refractivity contribution >= 4 is 10.9 Å². The Kier molecular flexibility index (Phi) is 4.14. The molecule has 1 atom stereocenters. The van der Waals surface area contributed by atoms with Crippen LogP contribution in [0.4, 0.5) is 13.2 Å². The Morgan fingerprint density at radius 2 is 1.95 bits per heavy atom. The van der Waals surface area contributed by atoms with Crippen LogP contribution in [0, 0.1) is 5.92 Å². The van der Waals surface area contributed by atoms with Gasteiger partial charge in [-0.3, -0.25) is 4.90 Å². The van der Waals surface area contributed by atoms with Gasteiger partial charge in [0.15, 0.2) is 6.10 Å². The summed E-state index contributed by atoms with van der Waals surface area (Å²) in [6.07, 6.45) is -4.06. The molecule has 0 saturated carbocycles. The van der Waals surface area contributed by atoms with Crippen molar-refractivity contribution in [1.29, 1.82) is 0 Å². The molecule has 1 aromatic carbocycles. The molecule has 120 valence electrons. The monoisotopic (exact) mass is 312 g/mol. The molecule has 0 bridgehead atoms. The molecular formula is C16H19F3N2O. The molecule has 2 heterocycles. The van der Waals surface area contributed by atoms with E-state index in [2.05, 4.69) is 9.88 Å². The molecular weight excluding hydrogens is 293 g/mol. The van der Waals surface area contributed by atoms with Crippen LogP contribution < -0.4 is 0 Å². The summed E-state index contributed by atoms with van der Waals surface area (Å²) in [5.74, 6) is -0.681. The van der Waals surface area contributed by atoms with E-state index in [-0.39, 0.29) is 0 Å². The molecule has 0 amide bonds. The van der Waals surface area contributed by atoms with Crippen LogP contribution >= 0.6 is 0 Å². The second kappa shape index (κ2) is 5.93. The van der Waals surface area contributed by atoms with Crippen molar-refractivity contribution in [2.45, 2.75) is 31.7 Å². The summed E-state index contributed by atoms with van der Waals surface area (Å²) in [5.41, 5.74) is 2.24. The van der Waals surface area contributed by atoms with E-state index in [1.807, 2.05) is 30.5 Å². The number of halogens is 3. The fraction of sp³-hybridized carbons (Fsp3) is 0.500. The average Bonchev–Trinajstić information content (AvgIpc) is 2.96. The third-order valence-electron chi connectivity index (χ3n) is 4.49. The number of fused-ring (bicyclic) bond motifs is 1. The van der Waals surface area contributed by atoms with E-state index in [0.717, 1.165) is 17.4 Å². The number of nitrogens with zero attached hydrogens (tertiary/aromatic N) is 1. The van der Waals surface area contributed by atoms with E-state index in [0.29, 0.717) is 25.9 Å². The Bertz CT molecular complexity index is 630. The lowest BCUT2D eigenvalue weighted by Gasteiger charge is -2.34. The molecule has 0 radical (unpaired) electrons. The Labute approximate surface area is 126 Å². The van der Waals surface area contributed by atoms with Crippen molar-refractivity contribution in [2.24, 2.45) is 5.92 Å². The van der Waals surface area contributed by atoms with Gasteiger partial charge >= 0.3 is 6.18 Å². The zero-order valence-corrected chi connectivity index (χ0v) is 12.1. The molecule has 1 aliphatic rings. The molecule has 0 spiro atoms. The number of aromatic amines is 1. The lowest BCUT2D eigenvalue weighted by molar-refractivity contribution is -0.223. The Morgan fingerprint density at radius 3 is 2.64 bits per heavy atom. The highest BCUT2D eigenvalue weighted by atomic mass is 19.4. The number of H-pyrrole nitrogens is 1. The summed E-state index contributed by atoms with van der Waals surface area (Å²) in [5, 5.41) is 10.5. The number of aromatic nitrogens is 1. The van der Waals surface area contributed by atoms with E-state index in [9.17, 15) is 18.3 Å².